The molecular weight excluding hydrogens is 428 g/mol. The zero-order chi connectivity index (χ0) is 20.5. The molecule has 0 aromatic heterocycles. The Kier molecular flexibility index (Phi) is 5.74. The van der Waals surface area contributed by atoms with Gasteiger partial charge in [-0.2, -0.15) is 0 Å². The van der Waals surface area contributed by atoms with Gasteiger partial charge in [0.15, 0.2) is 0 Å². The number of nitrogens with zero attached hydrogens (tertiary/aromatic N) is 2. The molecule has 0 saturated carbocycles. The Labute approximate surface area is 183 Å². The van der Waals surface area contributed by atoms with Crippen molar-refractivity contribution < 1.29 is 14.3 Å². The molecule has 5 nitrogen and oxygen atoms in total. The van der Waals surface area contributed by atoms with Gasteiger partial charge in [-0.1, -0.05) is 65.9 Å². The Bertz CT molecular complexity index is 1040. The summed E-state index contributed by atoms with van der Waals surface area (Å²) in [5.41, 5.74) is 2.89. The number of hydrogen-bond donors (Lipinski definition) is 0. The molecule has 2 aromatic rings. The highest BCUT2D eigenvalue weighted by molar-refractivity contribution is 8.26. The number of thiocarbonyl (C=S) groups is 1. The number of anilines is 1. The maximum atomic E-state index is 13.4. The number of para-hydroxylation sites is 1. The van der Waals surface area contributed by atoms with Gasteiger partial charge in [0, 0.05) is 17.7 Å². The summed E-state index contributed by atoms with van der Waals surface area (Å²) in [5.74, 6) is -0.447. The number of amides is 2. The molecule has 2 amide bonds. The number of carbonyl (C=O) groups excluding carboxylic acids is 2. The summed E-state index contributed by atoms with van der Waals surface area (Å²) in [7, 11) is 1.57. The maximum Gasteiger partial charge on any atom is 0.267 e. The van der Waals surface area contributed by atoms with Crippen LogP contribution >= 0.6 is 35.6 Å². The fourth-order valence-electron chi connectivity index (χ4n) is 3.35. The van der Waals surface area contributed by atoms with Crippen molar-refractivity contribution in [3.05, 3.63) is 69.6 Å². The first-order valence-corrected chi connectivity index (χ1v) is 10.5. The predicted molar refractivity (Wildman–Crippen MR) is 120 cm³/mol. The van der Waals surface area contributed by atoms with Crippen LogP contribution in [0.3, 0.4) is 0 Å². The Hall–Kier alpha value is -2.19. The van der Waals surface area contributed by atoms with Crippen molar-refractivity contribution >= 4 is 63.0 Å². The highest BCUT2D eigenvalue weighted by Gasteiger charge is 2.41. The van der Waals surface area contributed by atoms with Crippen LogP contribution < -0.4 is 4.90 Å². The highest BCUT2D eigenvalue weighted by atomic mass is 35.5. The van der Waals surface area contributed by atoms with E-state index >= 15 is 0 Å². The fraction of sp³-hybridized carbons (Fsp3) is 0.190. The van der Waals surface area contributed by atoms with Crippen LogP contribution in [0.5, 0.6) is 0 Å². The minimum atomic E-state index is -0.247. The van der Waals surface area contributed by atoms with Crippen LogP contribution in [0.2, 0.25) is 5.02 Å². The van der Waals surface area contributed by atoms with Crippen LogP contribution in [0, 0.1) is 0 Å². The second kappa shape index (κ2) is 8.28. The van der Waals surface area contributed by atoms with Crippen molar-refractivity contribution in [3.63, 3.8) is 0 Å². The Morgan fingerprint density at radius 2 is 1.76 bits per heavy atom. The first kappa shape index (κ1) is 20.1. The Morgan fingerprint density at radius 3 is 2.48 bits per heavy atom. The lowest BCUT2D eigenvalue weighted by Gasteiger charge is -2.17. The van der Waals surface area contributed by atoms with Gasteiger partial charge < -0.3 is 9.64 Å². The average Bonchev–Trinajstić information content (AvgIpc) is 3.15. The van der Waals surface area contributed by atoms with Crippen LogP contribution in [0.15, 0.2) is 53.4 Å². The molecule has 1 saturated heterocycles. The minimum absolute atomic E-state index is 0.201. The van der Waals surface area contributed by atoms with Crippen LogP contribution in [0.1, 0.15) is 11.1 Å². The van der Waals surface area contributed by atoms with E-state index in [1.807, 2.05) is 36.4 Å². The molecule has 8 heteroatoms. The number of fused-ring (bicyclic) bond motifs is 1. The minimum Gasteiger partial charge on any atom is -0.383 e. The third kappa shape index (κ3) is 3.71. The van der Waals surface area contributed by atoms with Crippen LogP contribution in [0.25, 0.3) is 5.57 Å². The van der Waals surface area contributed by atoms with E-state index in [4.69, 9.17) is 28.6 Å². The van der Waals surface area contributed by atoms with E-state index in [-0.39, 0.29) is 11.8 Å². The summed E-state index contributed by atoms with van der Waals surface area (Å²) >= 11 is 12.5. The first-order valence-electron chi connectivity index (χ1n) is 8.94. The van der Waals surface area contributed by atoms with Crippen molar-refractivity contribution in [2.75, 3.05) is 25.2 Å². The van der Waals surface area contributed by atoms with E-state index < -0.39 is 0 Å². The molecule has 2 aromatic carbocycles. The largest absolute Gasteiger partial charge is 0.383 e. The normalized spacial score (nSPS) is 18.8. The van der Waals surface area contributed by atoms with Crippen molar-refractivity contribution in [2.24, 2.45) is 0 Å². The zero-order valence-electron chi connectivity index (χ0n) is 15.6. The summed E-state index contributed by atoms with van der Waals surface area (Å²) in [6.45, 7) is 1.13. The Balaban J connectivity index is 1.73. The molecule has 0 unspecified atom stereocenters. The fourth-order valence-corrected chi connectivity index (χ4v) is 4.86. The molecule has 1 fully saturated rings. The second-order valence-corrected chi connectivity index (χ2v) is 8.64. The molecule has 0 aliphatic carbocycles. The van der Waals surface area contributed by atoms with E-state index in [2.05, 4.69) is 0 Å². The summed E-state index contributed by atoms with van der Waals surface area (Å²) < 4.78 is 5.51. The van der Waals surface area contributed by atoms with E-state index in [0.29, 0.717) is 39.5 Å². The van der Waals surface area contributed by atoms with Gasteiger partial charge in [-0.05, 0) is 23.8 Å². The number of hydrogen-bond acceptors (Lipinski definition) is 5. The van der Waals surface area contributed by atoms with E-state index in [1.54, 1.807) is 24.1 Å². The van der Waals surface area contributed by atoms with Crippen LogP contribution in [-0.2, 0) is 20.9 Å². The molecule has 2 aliphatic heterocycles. The van der Waals surface area contributed by atoms with Crippen LogP contribution in [0.4, 0.5) is 5.69 Å². The van der Waals surface area contributed by atoms with Gasteiger partial charge in [0.1, 0.15) is 4.32 Å². The van der Waals surface area contributed by atoms with Crippen molar-refractivity contribution in [1.82, 2.24) is 4.90 Å². The average molecular weight is 445 g/mol. The molecule has 0 N–H and O–H groups in total. The zero-order valence-corrected chi connectivity index (χ0v) is 17.9. The summed E-state index contributed by atoms with van der Waals surface area (Å²) in [6, 6.07) is 14.9. The summed E-state index contributed by atoms with van der Waals surface area (Å²) in [6.07, 6.45) is 0. The maximum absolute atomic E-state index is 13.4. The van der Waals surface area contributed by atoms with Crippen molar-refractivity contribution in [1.29, 1.82) is 0 Å². The number of rotatable bonds is 5. The number of carbonyl (C=O) groups is 2. The Morgan fingerprint density at radius 1 is 1.03 bits per heavy atom. The number of methoxy groups -OCH3 is 1. The molecule has 2 aliphatic rings. The number of halogens is 1. The molecule has 4 rings (SSSR count). The molecule has 0 bridgehead atoms. The first-order chi connectivity index (χ1) is 14.0. The highest BCUT2D eigenvalue weighted by Crippen LogP contribution is 2.44. The molecule has 0 radical (unpaired) electrons. The van der Waals surface area contributed by atoms with Crippen LogP contribution in [-0.4, -0.2) is 41.3 Å². The van der Waals surface area contributed by atoms with E-state index in [1.165, 1.54) is 16.7 Å². The van der Waals surface area contributed by atoms with Gasteiger partial charge >= 0.3 is 0 Å². The quantitative estimate of drug-likeness (QED) is 0.513. The predicted octanol–water partition coefficient (Wildman–Crippen LogP) is 4.10. The lowest BCUT2D eigenvalue weighted by Crippen LogP contribution is -2.32. The molecule has 29 heavy (non-hydrogen) atoms. The third-order valence-electron chi connectivity index (χ3n) is 4.77. The molecule has 2 heterocycles. The molecule has 0 spiro atoms. The smallest absolute Gasteiger partial charge is 0.267 e. The summed E-state index contributed by atoms with van der Waals surface area (Å²) in [5, 5.41) is 0.641. The monoisotopic (exact) mass is 444 g/mol. The van der Waals surface area contributed by atoms with Gasteiger partial charge in [0.2, 0.25) is 0 Å². The van der Waals surface area contributed by atoms with Crippen molar-refractivity contribution in [2.45, 2.75) is 6.54 Å². The van der Waals surface area contributed by atoms with Gasteiger partial charge in [-0.15, -0.1) is 0 Å². The van der Waals surface area contributed by atoms with Gasteiger partial charge in [0.25, 0.3) is 11.8 Å². The lowest BCUT2D eigenvalue weighted by molar-refractivity contribution is -0.123. The lowest BCUT2D eigenvalue weighted by atomic mass is 10.1. The number of thioether (sulfide) groups is 1. The third-order valence-corrected chi connectivity index (χ3v) is 6.47. The molecular formula is C21H17ClN2O3S2. The van der Waals surface area contributed by atoms with Gasteiger partial charge in [-0.25, -0.2) is 0 Å². The number of ether oxygens (including phenoxy) is 1. The second-order valence-electron chi connectivity index (χ2n) is 6.56. The van der Waals surface area contributed by atoms with Gasteiger partial charge in [0.05, 0.1) is 35.9 Å². The standard InChI is InChI=1S/C21H17ClN2O3S2/c1-27-11-10-23-20(26)18(29-21(23)28)17-15-4-2-3-5-16(15)24(19(17)25)12-13-6-8-14(22)9-7-13/h2-9H,10-12H2,1H3. The van der Waals surface area contributed by atoms with Crippen molar-refractivity contribution in [3.8, 4) is 0 Å². The molecule has 0 atom stereocenters. The number of benzene rings is 2. The van der Waals surface area contributed by atoms with Gasteiger partial charge in [-0.3, -0.25) is 14.5 Å². The van der Waals surface area contributed by atoms with E-state index in [0.717, 1.165) is 16.8 Å². The SMILES string of the molecule is COCCN1C(=O)C(=C2C(=O)N(Cc3ccc(Cl)cc3)c3ccccc32)SC1=S. The topological polar surface area (TPSA) is 49.9 Å². The van der Waals surface area contributed by atoms with E-state index in [9.17, 15) is 9.59 Å². The molecule has 148 valence electrons. The summed E-state index contributed by atoms with van der Waals surface area (Å²) in [4.78, 5) is 29.9.